The fourth-order valence-electron chi connectivity index (χ4n) is 7.34. The van der Waals surface area contributed by atoms with Crippen LogP contribution in [-0.4, -0.2) is 38.3 Å². The Morgan fingerprint density at radius 2 is 1.59 bits per heavy atom. The van der Waals surface area contributed by atoms with Crippen molar-refractivity contribution in [3.8, 4) is 0 Å². The van der Waals surface area contributed by atoms with Crippen LogP contribution in [0.25, 0.3) is 0 Å². The maximum Gasteiger partial charge on any atom is 0.243 e. The smallest absolute Gasteiger partial charge is 0.243 e. The standard InChI is InChI=1S/C24H32F2N2O3S/c25-21-2-1-20(12-22(21)26)32(30,31)28-7-3-19(4-8-28)23(29)27-6-5-24-13-16-9-17(14-24)11-18(10-16)15-24/h1-2,12,16-19H,3-11,13-15H2,(H,27,29). The predicted octanol–water partition coefficient (Wildman–Crippen LogP) is 4.09. The summed E-state index contributed by atoms with van der Waals surface area (Å²) in [6.07, 6.45) is 10.2. The van der Waals surface area contributed by atoms with E-state index in [0.29, 0.717) is 30.9 Å². The van der Waals surface area contributed by atoms with Crippen LogP contribution in [0.1, 0.15) is 57.8 Å². The Morgan fingerprint density at radius 3 is 2.16 bits per heavy atom. The van der Waals surface area contributed by atoms with Crippen LogP contribution >= 0.6 is 0 Å². The van der Waals surface area contributed by atoms with Crippen molar-refractivity contribution in [2.45, 2.75) is 62.7 Å². The van der Waals surface area contributed by atoms with E-state index in [1.54, 1.807) is 0 Å². The molecule has 32 heavy (non-hydrogen) atoms. The molecule has 0 atom stereocenters. The van der Waals surface area contributed by atoms with E-state index in [9.17, 15) is 22.0 Å². The second-order valence-corrected chi connectivity index (χ2v) is 12.7. The highest BCUT2D eigenvalue weighted by Gasteiger charge is 2.50. The van der Waals surface area contributed by atoms with Crippen molar-refractivity contribution in [1.82, 2.24) is 9.62 Å². The second kappa shape index (κ2) is 8.35. The molecule has 5 aliphatic rings. The number of benzene rings is 1. The van der Waals surface area contributed by atoms with E-state index >= 15 is 0 Å². The van der Waals surface area contributed by atoms with E-state index in [1.807, 2.05) is 0 Å². The molecule has 5 nitrogen and oxygen atoms in total. The zero-order chi connectivity index (χ0) is 22.5. The van der Waals surface area contributed by atoms with Crippen LogP contribution in [0.15, 0.2) is 23.1 Å². The highest BCUT2D eigenvalue weighted by Crippen LogP contribution is 2.61. The van der Waals surface area contributed by atoms with Gasteiger partial charge in [-0.2, -0.15) is 4.31 Å². The number of sulfonamides is 1. The number of hydrogen-bond acceptors (Lipinski definition) is 3. The van der Waals surface area contributed by atoms with E-state index in [4.69, 9.17) is 0 Å². The van der Waals surface area contributed by atoms with Gasteiger partial charge >= 0.3 is 0 Å². The molecule has 0 aromatic heterocycles. The minimum atomic E-state index is -3.90. The number of carbonyl (C=O) groups excluding carboxylic acids is 1. The molecule has 176 valence electrons. The zero-order valence-corrected chi connectivity index (χ0v) is 19.2. The number of piperidine rings is 1. The Balaban J connectivity index is 1.11. The van der Waals surface area contributed by atoms with Crippen LogP contribution in [0.5, 0.6) is 0 Å². The van der Waals surface area contributed by atoms with E-state index < -0.39 is 21.7 Å². The quantitative estimate of drug-likeness (QED) is 0.687. The number of rotatable bonds is 6. The molecule has 1 amide bonds. The fraction of sp³-hybridized carbons (Fsp3) is 0.708. The third-order valence-electron chi connectivity index (χ3n) is 8.47. The minimum absolute atomic E-state index is 0.0135. The van der Waals surface area contributed by atoms with Crippen molar-refractivity contribution in [3.05, 3.63) is 29.8 Å². The van der Waals surface area contributed by atoms with Crippen molar-refractivity contribution < 1.29 is 22.0 Å². The summed E-state index contributed by atoms with van der Waals surface area (Å²) in [4.78, 5) is 12.5. The van der Waals surface area contributed by atoms with Crippen LogP contribution in [0, 0.1) is 40.7 Å². The summed E-state index contributed by atoms with van der Waals surface area (Å²) in [6, 6.07) is 2.62. The summed E-state index contributed by atoms with van der Waals surface area (Å²) in [6.45, 7) is 1.11. The number of halogens is 2. The first-order chi connectivity index (χ1) is 15.2. The van der Waals surface area contributed by atoms with Gasteiger partial charge in [0, 0.05) is 25.6 Å². The Bertz CT molecular complexity index is 954. The molecule has 8 heteroatoms. The molecule has 6 rings (SSSR count). The predicted molar refractivity (Wildman–Crippen MR) is 116 cm³/mol. The lowest BCUT2D eigenvalue weighted by Gasteiger charge is -2.57. The molecule has 1 aromatic carbocycles. The van der Waals surface area contributed by atoms with Crippen LogP contribution in [-0.2, 0) is 14.8 Å². The van der Waals surface area contributed by atoms with Gasteiger partial charge in [0.25, 0.3) is 0 Å². The average Bonchev–Trinajstić information content (AvgIpc) is 2.74. The fourth-order valence-corrected chi connectivity index (χ4v) is 8.82. The Kier molecular flexibility index (Phi) is 5.81. The molecule has 4 bridgehead atoms. The van der Waals surface area contributed by atoms with Gasteiger partial charge in [-0.1, -0.05) is 0 Å². The first-order valence-corrected chi connectivity index (χ1v) is 13.4. The Hall–Kier alpha value is -1.54. The maximum absolute atomic E-state index is 13.5. The van der Waals surface area contributed by atoms with Crippen molar-refractivity contribution in [2.24, 2.45) is 29.1 Å². The summed E-state index contributed by atoms with van der Waals surface area (Å²) >= 11 is 0. The van der Waals surface area contributed by atoms with Crippen LogP contribution in [0.3, 0.4) is 0 Å². The number of hydrogen-bond donors (Lipinski definition) is 1. The van der Waals surface area contributed by atoms with Crippen LogP contribution in [0.2, 0.25) is 0 Å². The first kappa shape index (κ1) is 22.3. The molecular weight excluding hydrogens is 434 g/mol. The van der Waals surface area contributed by atoms with E-state index in [2.05, 4.69) is 5.32 Å². The Morgan fingerprint density at radius 1 is 1.00 bits per heavy atom. The van der Waals surface area contributed by atoms with Crippen LogP contribution in [0.4, 0.5) is 8.78 Å². The van der Waals surface area contributed by atoms with Crippen molar-refractivity contribution in [3.63, 3.8) is 0 Å². The normalized spacial score (nSPS) is 32.9. The van der Waals surface area contributed by atoms with Crippen LogP contribution < -0.4 is 5.32 Å². The largest absolute Gasteiger partial charge is 0.356 e. The number of nitrogens with one attached hydrogen (secondary N) is 1. The van der Waals surface area contributed by atoms with Gasteiger partial charge in [0.2, 0.25) is 15.9 Å². The molecule has 1 aromatic rings. The monoisotopic (exact) mass is 466 g/mol. The first-order valence-electron chi connectivity index (χ1n) is 12.0. The lowest BCUT2D eigenvalue weighted by molar-refractivity contribution is -0.126. The molecule has 0 radical (unpaired) electrons. The molecule has 1 saturated heterocycles. The highest BCUT2D eigenvalue weighted by atomic mass is 32.2. The number of carbonyl (C=O) groups is 1. The second-order valence-electron chi connectivity index (χ2n) is 10.7. The number of nitrogens with zero attached hydrogens (tertiary/aromatic N) is 1. The Labute approximate surface area is 189 Å². The lowest BCUT2D eigenvalue weighted by atomic mass is 9.49. The number of amides is 1. The molecule has 4 saturated carbocycles. The van der Waals surface area contributed by atoms with E-state index in [1.165, 1.54) is 42.8 Å². The third-order valence-corrected chi connectivity index (χ3v) is 10.4. The summed E-state index contributed by atoms with van der Waals surface area (Å²) in [5, 5.41) is 3.13. The molecule has 0 spiro atoms. The molecule has 1 aliphatic heterocycles. The summed E-state index contributed by atoms with van der Waals surface area (Å²) in [7, 11) is -3.90. The summed E-state index contributed by atoms with van der Waals surface area (Å²) in [5.74, 6) is 0.253. The molecule has 4 aliphatic carbocycles. The van der Waals surface area contributed by atoms with Crippen molar-refractivity contribution in [2.75, 3.05) is 19.6 Å². The minimum Gasteiger partial charge on any atom is -0.356 e. The average molecular weight is 467 g/mol. The highest BCUT2D eigenvalue weighted by molar-refractivity contribution is 7.89. The van der Waals surface area contributed by atoms with Gasteiger partial charge in [0.05, 0.1) is 4.90 Å². The molecule has 5 fully saturated rings. The van der Waals surface area contributed by atoms with Gasteiger partial charge < -0.3 is 5.32 Å². The van der Waals surface area contributed by atoms with E-state index in [-0.39, 0.29) is 29.8 Å². The van der Waals surface area contributed by atoms with Crippen molar-refractivity contribution >= 4 is 15.9 Å². The van der Waals surface area contributed by atoms with Gasteiger partial charge in [-0.15, -0.1) is 0 Å². The summed E-state index contributed by atoms with van der Waals surface area (Å²) < 4.78 is 53.4. The van der Waals surface area contributed by atoms with Gasteiger partial charge in [-0.05, 0) is 99.2 Å². The van der Waals surface area contributed by atoms with E-state index in [0.717, 1.165) is 36.3 Å². The van der Waals surface area contributed by atoms with Gasteiger partial charge in [0.15, 0.2) is 11.6 Å². The third kappa shape index (κ3) is 4.20. The molecular formula is C24H32F2N2O3S. The van der Waals surface area contributed by atoms with Gasteiger partial charge in [0.1, 0.15) is 0 Å². The maximum atomic E-state index is 13.5. The van der Waals surface area contributed by atoms with Gasteiger partial charge in [-0.3, -0.25) is 4.79 Å². The topological polar surface area (TPSA) is 66.5 Å². The van der Waals surface area contributed by atoms with Gasteiger partial charge in [-0.25, -0.2) is 17.2 Å². The lowest BCUT2D eigenvalue weighted by Crippen LogP contribution is -2.48. The molecule has 0 unspecified atom stereocenters. The molecule has 1 heterocycles. The van der Waals surface area contributed by atoms with Crippen molar-refractivity contribution in [1.29, 1.82) is 0 Å². The zero-order valence-electron chi connectivity index (χ0n) is 18.4. The summed E-state index contributed by atoms with van der Waals surface area (Å²) in [5.41, 5.74) is 0.434. The molecule has 1 N–H and O–H groups in total. The SMILES string of the molecule is O=C(NCCC12CC3CC(CC(C3)C1)C2)C1CCN(S(=O)(=O)c2ccc(F)c(F)c2)CC1.